The molecule has 7 nitrogen and oxygen atoms in total. The van der Waals surface area contributed by atoms with Gasteiger partial charge in [-0.15, -0.1) is 5.10 Å². The number of hydrogen-bond acceptors (Lipinski definition) is 4. The van der Waals surface area contributed by atoms with Gasteiger partial charge in [-0.05, 0) is 36.4 Å². The lowest BCUT2D eigenvalue weighted by atomic mass is 10.2. The quantitative estimate of drug-likeness (QED) is 0.599. The first-order valence-electron chi connectivity index (χ1n) is 7.58. The third-order valence-electron chi connectivity index (χ3n) is 3.63. The van der Waals surface area contributed by atoms with Crippen LogP contribution in [0.1, 0.15) is 0 Å². The van der Waals surface area contributed by atoms with E-state index < -0.39 is 0 Å². The van der Waals surface area contributed by atoms with Crippen molar-refractivity contribution in [3.8, 4) is 11.3 Å². The molecule has 2 aromatic heterocycles. The topological polar surface area (TPSA) is 88.5 Å². The van der Waals surface area contributed by atoms with E-state index in [-0.39, 0.29) is 18.3 Å². The van der Waals surface area contributed by atoms with Crippen LogP contribution in [0.15, 0.2) is 54.7 Å². The summed E-state index contributed by atoms with van der Waals surface area (Å²) in [6.07, 6.45) is 1.63. The van der Waals surface area contributed by atoms with Crippen LogP contribution in [-0.4, -0.2) is 30.9 Å². The number of halogens is 1. The van der Waals surface area contributed by atoms with Gasteiger partial charge in [-0.3, -0.25) is 10.1 Å². The van der Waals surface area contributed by atoms with Gasteiger partial charge in [0.15, 0.2) is 0 Å². The largest absolute Gasteiger partial charge is 0.324 e. The third-order valence-corrected chi connectivity index (χ3v) is 3.63. The van der Waals surface area contributed by atoms with Crippen LogP contribution in [0.2, 0.25) is 0 Å². The number of aromatic nitrogens is 5. The van der Waals surface area contributed by atoms with E-state index in [1.54, 1.807) is 18.3 Å². The maximum atomic E-state index is 13.0. The van der Waals surface area contributed by atoms with Gasteiger partial charge in [0, 0.05) is 5.56 Å². The summed E-state index contributed by atoms with van der Waals surface area (Å²) in [4.78, 5) is 19.5. The zero-order chi connectivity index (χ0) is 17.2. The van der Waals surface area contributed by atoms with Crippen molar-refractivity contribution in [1.82, 2.24) is 25.0 Å². The molecule has 0 radical (unpaired) electrons. The molecule has 0 saturated carbocycles. The SMILES string of the molecule is O=C(Cn1cc(-c2ccc(F)cc2)nn1)Nc1nc2ccccc2[nH]1. The lowest BCUT2D eigenvalue weighted by molar-refractivity contribution is -0.117. The van der Waals surface area contributed by atoms with Crippen molar-refractivity contribution in [2.24, 2.45) is 0 Å². The summed E-state index contributed by atoms with van der Waals surface area (Å²) in [6.45, 7) is -0.00869. The second kappa shape index (κ2) is 6.16. The Bertz CT molecular complexity index is 1000. The summed E-state index contributed by atoms with van der Waals surface area (Å²) in [5, 5.41) is 10.6. The van der Waals surface area contributed by atoms with Gasteiger partial charge in [-0.25, -0.2) is 14.1 Å². The molecule has 0 aliphatic carbocycles. The fraction of sp³-hybridized carbons (Fsp3) is 0.0588. The number of rotatable bonds is 4. The van der Waals surface area contributed by atoms with Crippen LogP contribution < -0.4 is 5.32 Å². The molecule has 124 valence electrons. The highest BCUT2D eigenvalue weighted by Gasteiger charge is 2.10. The molecule has 8 heteroatoms. The molecule has 0 aliphatic rings. The van der Waals surface area contributed by atoms with Gasteiger partial charge < -0.3 is 4.98 Å². The highest BCUT2D eigenvalue weighted by atomic mass is 19.1. The molecule has 2 aromatic carbocycles. The molecule has 2 N–H and O–H groups in total. The van der Waals surface area contributed by atoms with Crippen LogP contribution in [0.4, 0.5) is 10.3 Å². The molecule has 4 aromatic rings. The van der Waals surface area contributed by atoms with Crippen molar-refractivity contribution in [3.05, 3.63) is 60.5 Å². The molecule has 0 fully saturated rings. The van der Waals surface area contributed by atoms with Crippen LogP contribution in [0.3, 0.4) is 0 Å². The van der Waals surface area contributed by atoms with E-state index >= 15 is 0 Å². The number of anilines is 1. The summed E-state index contributed by atoms with van der Waals surface area (Å²) in [5.41, 5.74) is 2.91. The Morgan fingerprint density at radius 1 is 1.16 bits per heavy atom. The first-order valence-corrected chi connectivity index (χ1v) is 7.58. The van der Waals surface area contributed by atoms with Gasteiger partial charge in [0.05, 0.1) is 17.2 Å². The molecule has 0 saturated heterocycles. The average Bonchev–Trinajstić information content (AvgIpc) is 3.21. The Kier molecular flexibility index (Phi) is 3.70. The van der Waals surface area contributed by atoms with Crippen molar-refractivity contribution >= 4 is 22.9 Å². The van der Waals surface area contributed by atoms with Crippen LogP contribution in [0.25, 0.3) is 22.3 Å². The minimum atomic E-state index is -0.318. The van der Waals surface area contributed by atoms with Crippen molar-refractivity contribution in [2.45, 2.75) is 6.54 Å². The third kappa shape index (κ3) is 3.23. The molecule has 1 amide bonds. The predicted molar refractivity (Wildman–Crippen MR) is 90.1 cm³/mol. The molecule has 0 atom stereocenters. The zero-order valence-corrected chi connectivity index (χ0v) is 13.0. The lowest BCUT2D eigenvalue weighted by Crippen LogP contribution is -2.19. The average molecular weight is 336 g/mol. The van der Waals surface area contributed by atoms with Gasteiger partial charge in [-0.1, -0.05) is 17.3 Å². The number of para-hydroxylation sites is 2. The molecule has 4 rings (SSSR count). The van der Waals surface area contributed by atoms with Gasteiger partial charge in [0.2, 0.25) is 11.9 Å². The van der Waals surface area contributed by atoms with Crippen LogP contribution in [0.5, 0.6) is 0 Å². The Morgan fingerprint density at radius 3 is 2.76 bits per heavy atom. The molecule has 0 unspecified atom stereocenters. The van der Waals surface area contributed by atoms with Gasteiger partial charge >= 0.3 is 0 Å². The number of amides is 1. The highest BCUT2D eigenvalue weighted by molar-refractivity contribution is 5.90. The Hall–Kier alpha value is -3.55. The van der Waals surface area contributed by atoms with Crippen LogP contribution in [0, 0.1) is 5.82 Å². The summed E-state index contributed by atoms with van der Waals surface area (Å²) >= 11 is 0. The minimum absolute atomic E-state index is 0.00869. The fourth-order valence-corrected chi connectivity index (χ4v) is 2.46. The number of fused-ring (bicyclic) bond motifs is 1. The number of H-pyrrole nitrogens is 1. The maximum absolute atomic E-state index is 13.0. The standard InChI is InChI=1S/C17H13FN6O/c18-12-7-5-11(6-8-12)15-9-24(23-22-15)10-16(25)21-17-19-13-3-1-2-4-14(13)20-17/h1-9H,10H2,(H2,19,20,21,25). The zero-order valence-electron chi connectivity index (χ0n) is 13.0. The summed E-state index contributed by atoms with van der Waals surface area (Å²) in [7, 11) is 0. The fourth-order valence-electron chi connectivity index (χ4n) is 2.46. The van der Waals surface area contributed by atoms with E-state index in [9.17, 15) is 9.18 Å². The number of nitrogens with zero attached hydrogens (tertiary/aromatic N) is 4. The van der Waals surface area contributed by atoms with Gasteiger partial charge in [-0.2, -0.15) is 0 Å². The molecule has 0 spiro atoms. The van der Waals surface area contributed by atoms with Gasteiger partial charge in [0.1, 0.15) is 18.1 Å². The summed E-state index contributed by atoms with van der Waals surface area (Å²) in [6, 6.07) is 13.4. The second-order valence-electron chi connectivity index (χ2n) is 5.46. The van der Waals surface area contributed by atoms with Crippen LogP contribution in [-0.2, 0) is 11.3 Å². The summed E-state index contributed by atoms with van der Waals surface area (Å²) < 4.78 is 14.4. The highest BCUT2D eigenvalue weighted by Crippen LogP contribution is 2.16. The minimum Gasteiger partial charge on any atom is -0.324 e. The van der Waals surface area contributed by atoms with Crippen LogP contribution >= 0.6 is 0 Å². The first-order chi connectivity index (χ1) is 12.2. The van der Waals surface area contributed by atoms with E-state index in [0.29, 0.717) is 11.6 Å². The van der Waals surface area contributed by atoms with Crippen molar-refractivity contribution in [1.29, 1.82) is 0 Å². The Morgan fingerprint density at radius 2 is 1.96 bits per heavy atom. The molecular weight excluding hydrogens is 323 g/mol. The van der Waals surface area contributed by atoms with Crippen molar-refractivity contribution < 1.29 is 9.18 Å². The maximum Gasteiger partial charge on any atom is 0.248 e. The number of hydrogen-bond donors (Lipinski definition) is 2. The predicted octanol–water partition coefficient (Wildman–Crippen LogP) is 2.60. The summed E-state index contributed by atoms with van der Waals surface area (Å²) in [5.74, 6) is -0.221. The van der Waals surface area contributed by atoms with E-state index in [1.165, 1.54) is 16.8 Å². The number of aromatic amines is 1. The Balaban J connectivity index is 1.45. The van der Waals surface area contributed by atoms with Gasteiger partial charge in [0.25, 0.3) is 0 Å². The molecule has 0 aliphatic heterocycles. The van der Waals surface area contributed by atoms with Crippen molar-refractivity contribution in [3.63, 3.8) is 0 Å². The number of carbonyl (C=O) groups is 1. The number of benzene rings is 2. The second-order valence-corrected chi connectivity index (χ2v) is 5.46. The number of imidazole rings is 1. The monoisotopic (exact) mass is 336 g/mol. The van der Waals surface area contributed by atoms with E-state index in [0.717, 1.165) is 16.6 Å². The van der Waals surface area contributed by atoms with E-state index in [1.807, 2.05) is 24.3 Å². The van der Waals surface area contributed by atoms with Crippen molar-refractivity contribution in [2.75, 3.05) is 5.32 Å². The molecule has 25 heavy (non-hydrogen) atoms. The first kappa shape index (κ1) is 15.0. The smallest absolute Gasteiger partial charge is 0.248 e. The molecular formula is C17H13FN6O. The molecule has 0 bridgehead atoms. The Labute approximate surface area is 141 Å². The van der Waals surface area contributed by atoms with E-state index in [2.05, 4.69) is 25.6 Å². The lowest BCUT2D eigenvalue weighted by Gasteiger charge is -2.01. The molecule has 2 heterocycles. The normalized spacial score (nSPS) is 10.9. The number of carbonyl (C=O) groups excluding carboxylic acids is 1. The van der Waals surface area contributed by atoms with E-state index in [4.69, 9.17) is 0 Å². The number of nitrogens with one attached hydrogen (secondary N) is 2.